The first kappa shape index (κ1) is 18.4. The van der Waals surface area contributed by atoms with Gasteiger partial charge in [-0.25, -0.2) is 14.6 Å². The molecule has 3 heterocycles. The van der Waals surface area contributed by atoms with Crippen LogP contribution in [0.3, 0.4) is 0 Å². The third kappa shape index (κ3) is 3.09. The Hall–Kier alpha value is -3.00. The highest BCUT2D eigenvalue weighted by atomic mass is 32.1. The number of aryl methyl sites for hydroxylation is 2. The summed E-state index contributed by atoms with van der Waals surface area (Å²) in [6.07, 6.45) is 1.70. The number of nitrogens with zero attached hydrogens (tertiary/aromatic N) is 2. The molecule has 144 valence electrons. The molecule has 0 saturated heterocycles. The molecule has 0 radical (unpaired) electrons. The van der Waals surface area contributed by atoms with Gasteiger partial charge in [-0.3, -0.25) is 9.36 Å². The summed E-state index contributed by atoms with van der Waals surface area (Å²) in [5, 5.41) is 0.505. The summed E-state index contributed by atoms with van der Waals surface area (Å²) in [5.74, 6) is -0.124. The quantitative estimate of drug-likeness (QED) is 0.628. The van der Waals surface area contributed by atoms with E-state index in [1.165, 1.54) is 18.4 Å². The number of aromatic nitrogens is 2. The number of carbonyl (C=O) groups excluding carboxylic acids is 2. The van der Waals surface area contributed by atoms with Gasteiger partial charge in [-0.1, -0.05) is 12.1 Å². The van der Waals surface area contributed by atoms with Crippen LogP contribution < -0.4 is 5.56 Å². The Morgan fingerprint density at radius 2 is 1.96 bits per heavy atom. The van der Waals surface area contributed by atoms with E-state index >= 15 is 0 Å². The molecular weight excluding hydrogens is 380 g/mol. The van der Waals surface area contributed by atoms with Crippen molar-refractivity contribution in [3.8, 4) is 0 Å². The third-order valence-electron chi connectivity index (χ3n) is 4.84. The van der Waals surface area contributed by atoms with Gasteiger partial charge in [0.05, 0.1) is 18.1 Å². The van der Waals surface area contributed by atoms with Crippen molar-refractivity contribution in [2.24, 2.45) is 0 Å². The highest BCUT2D eigenvalue weighted by Crippen LogP contribution is 2.29. The Balaban J connectivity index is 1.55. The molecule has 0 N–H and O–H groups in total. The number of hydrogen-bond acceptors (Lipinski definition) is 7. The van der Waals surface area contributed by atoms with Gasteiger partial charge in [-0.15, -0.1) is 11.3 Å². The van der Waals surface area contributed by atoms with Crippen molar-refractivity contribution in [2.45, 2.75) is 32.9 Å². The fourth-order valence-corrected chi connectivity index (χ4v) is 4.42. The molecule has 0 unspecified atom stereocenters. The lowest BCUT2D eigenvalue weighted by atomic mass is 10.1. The minimum atomic E-state index is -0.484. The first-order valence-electron chi connectivity index (χ1n) is 8.86. The second-order valence-corrected chi connectivity index (χ2v) is 7.59. The first-order valence-corrected chi connectivity index (χ1v) is 9.68. The number of esters is 2. The molecule has 4 rings (SSSR count). The summed E-state index contributed by atoms with van der Waals surface area (Å²) in [6.45, 7) is 2.50. The predicted molar refractivity (Wildman–Crippen MR) is 104 cm³/mol. The second-order valence-electron chi connectivity index (χ2n) is 6.59. The lowest BCUT2D eigenvalue weighted by Gasteiger charge is -2.05. The molecule has 0 bridgehead atoms. The Kier molecular flexibility index (Phi) is 4.72. The first-order chi connectivity index (χ1) is 13.5. The van der Waals surface area contributed by atoms with Gasteiger partial charge in [0, 0.05) is 13.0 Å². The van der Waals surface area contributed by atoms with Crippen LogP contribution in [0.2, 0.25) is 0 Å². The van der Waals surface area contributed by atoms with Crippen molar-refractivity contribution in [3.63, 3.8) is 0 Å². The molecule has 0 spiro atoms. The van der Waals surface area contributed by atoms with Crippen LogP contribution in [0.25, 0.3) is 10.2 Å². The van der Waals surface area contributed by atoms with Gasteiger partial charge in [-0.2, -0.15) is 0 Å². The van der Waals surface area contributed by atoms with Gasteiger partial charge >= 0.3 is 11.9 Å². The fourth-order valence-electron chi connectivity index (χ4n) is 3.34. The van der Waals surface area contributed by atoms with Gasteiger partial charge in [-0.05, 0) is 36.6 Å². The second kappa shape index (κ2) is 7.20. The standard InChI is InChI=1S/C20H18N2O5S/c1-11-15-17(21-14-4-3-9-22(14)18(15)23)28-16(11)20(25)27-10-12-5-7-13(8-6-12)19(24)26-2/h5-8H,3-4,9-10H2,1-2H3. The molecule has 0 aliphatic carbocycles. The number of rotatable bonds is 4. The molecule has 2 aromatic heterocycles. The van der Waals surface area contributed by atoms with E-state index in [4.69, 9.17) is 4.74 Å². The van der Waals surface area contributed by atoms with E-state index < -0.39 is 11.9 Å². The Labute approximate surface area is 164 Å². The van der Waals surface area contributed by atoms with Crippen LogP contribution in [0.1, 0.15) is 43.4 Å². The van der Waals surface area contributed by atoms with Crippen LogP contribution in [0, 0.1) is 6.92 Å². The molecule has 7 nitrogen and oxygen atoms in total. The van der Waals surface area contributed by atoms with Crippen molar-refractivity contribution < 1.29 is 19.1 Å². The van der Waals surface area contributed by atoms with Crippen LogP contribution in [-0.4, -0.2) is 28.6 Å². The highest BCUT2D eigenvalue weighted by Gasteiger charge is 2.24. The summed E-state index contributed by atoms with van der Waals surface area (Å²) >= 11 is 1.20. The molecule has 0 atom stereocenters. The van der Waals surface area contributed by atoms with E-state index in [0.29, 0.717) is 32.8 Å². The molecule has 8 heteroatoms. The van der Waals surface area contributed by atoms with Crippen LogP contribution in [-0.2, 0) is 29.0 Å². The lowest BCUT2D eigenvalue weighted by Crippen LogP contribution is -2.20. The summed E-state index contributed by atoms with van der Waals surface area (Å²) < 4.78 is 11.8. The number of hydrogen-bond donors (Lipinski definition) is 0. The topological polar surface area (TPSA) is 87.5 Å². The molecule has 0 amide bonds. The monoisotopic (exact) mass is 398 g/mol. The number of thiophene rings is 1. The van der Waals surface area contributed by atoms with E-state index in [0.717, 1.165) is 24.2 Å². The minimum absolute atomic E-state index is 0.0664. The number of ether oxygens (including phenoxy) is 2. The van der Waals surface area contributed by atoms with E-state index in [9.17, 15) is 14.4 Å². The largest absolute Gasteiger partial charge is 0.465 e. The maximum absolute atomic E-state index is 12.7. The average molecular weight is 398 g/mol. The van der Waals surface area contributed by atoms with Crippen molar-refractivity contribution in [3.05, 3.63) is 62.0 Å². The van der Waals surface area contributed by atoms with Gasteiger partial charge in [0.25, 0.3) is 5.56 Å². The molecule has 0 fully saturated rings. The Morgan fingerprint density at radius 3 is 2.68 bits per heavy atom. The number of carbonyl (C=O) groups is 2. The summed E-state index contributed by atoms with van der Waals surface area (Å²) in [4.78, 5) is 42.3. The normalized spacial score (nSPS) is 12.8. The number of methoxy groups -OCH3 is 1. The fraction of sp³-hybridized carbons (Fsp3) is 0.300. The zero-order valence-electron chi connectivity index (χ0n) is 15.5. The third-order valence-corrected chi connectivity index (χ3v) is 6.01. The van der Waals surface area contributed by atoms with E-state index in [1.54, 1.807) is 35.8 Å². The predicted octanol–water partition coefficient (Wildman–Crippen LogP) is 2.86. The van der Waals surface area contributed by atoms with Crippen LogP contribution >= 0.6 is 11.3 Å². The van der Waals surface area contributed by atoms with Crippen molar-refractivity contribution in [1.82, 2.24) is 9.55 Å². The van der Waals surface area contributed by atoms with Crippen LogP contribution in [0.5, 0.6) is 0 Å². The van der Waals surface area contributed by atoms with Gasteiger partial charge in [0.2, 0.25) is 0 Å². The maximum Gasteiger partial charge on any atom is 0.349 e. The summed E-state index contributed by atoms with van der Waals surface area (Å²) in [5.41, 5.74) is 1.71. The van der Waals surface area contributed by atoms with E-state index in [-0.39, 0.29) is 12.2 Å². The van der Waals surface area contributed by atoms with Crippen LogP contribution in [0.15, 0.2) is 29.1 Å². The summed E-state index contributed by atoms with van der Waals surface area (Å²) in [7, 11) is 1.32. The molecular formula is C20H18N2O5S. The van der Waals surface area contributed by atoms with Gasteiger partial charge in [0.15, 0.2) is 0 Å². The SMILES string of the molecule is COC(=O)c1ccc(COC(=O)c2sc3nc4n(c(=O)c3c2C)CCC4)cc1. The van der Waals surface area contributed by atoms with Crippen LogP contribution in [0.4, 0.5) is 0 Å². The number of benzene rings is 1. The molecule has 1 aromatic carbocycles. The Bertz CT molecular complexity index is 1140. The van der Waals surface area contributed by atoms with Crippen molar-refractivity contribution >= 4 is 33.5 Å². The van der Waals surface area contributed by atoms with E-state index in [2.05, 4.69) is 9.72 Å². The number of fused-ring (bicyclic) bond motifs is 2. The molecule has 0 saturated carbocycles. The molecule has 1 aliphatic rings. The minimum Gasteiger partial charge on any atom is -0.465 e. The highest BCUT2D eigenvalue weighted by molar-refractivity contribution is 7.20. The van der Waals surface area contributed by atoms with Crippen molar-refractivity contribution in [1.29, 1.82) is 0 Å². The van der Waals surface area contributed by atoms with E-state index in [1.807, 2.05) is 0 Å². The van der Waals surface area contributed by atoms with Gasteiger partial charge < -0.3 is 9.47 Å². The Morgan fingerprint density at radius 1 is 1.21 bits per heavy atom. The van der Waals surface area contributed by atoms with Gasteiger partial charge in [0.1, 0.15) is 22.1 Å². The smallest absolute Gasteiger partial charge is 0.349 e. The summed E-state index contributed by atoms with van der Waals surface area (Å²) in [6, 6.07) is 6.64. The zero-order valence-corrected chi connectivity index (χ0v) is 16.3. The van der Waals surface area contributed by atoms with Crippen molar-refractivity contribution in [2.75, 3.05) is 7.11 Å². The average Bonchev–Trinajstić information content (AvgIpc) is 3.31. The molecule has 3 aromatic rings. The zero-order chi connectivity index (χ0) is 19.8. The molecule has 28 heavy (non-hydrogen) atoms. The maximum atomic E-state index is 12.7. The lowest BCUT2D eigenvalue weighted by molar-refractivity contribution is 0.0476. The molecule has 1 aliphatic heterocycles.